The molecule has 6 nitrogen and oxygen atoms in total. The number of carbonyl (C=O) groups excluding carboxylic acids is 1. The Morgan fingerprint density at radius 3 is 2.71 bits per heavy atom. The third-order valence-electron chi connectivity index (χ3n) is 5.62. The van der Waals surface area contributed by atoms with Crippen LogP contribution in [0.5, 0.6) is 5.75 Å². The maximum Gasteiger partial charge on any atom is 0.273 e. The van der Waals surface area contributed by atoms with Crippen molar-refractivity contribution in [3.63, 3.8) is 0 Å². The Kier molecular flexibility index (Phi) is 7.69. The summed E-state index contributed by atoms with van der Waals surface area (Å²) in [6.45, 7) is 0.671. The Morgan fingerprint density at radius 2 is 1.91 bits per heavy atom. The monoisotopic (exact) mass is 478 g/mol. The maximum atomic E-state index is 13.1. The van der Waals surface area contributed by atoms with E-state index in [2.05, 4.69) is 15.2 Å². The lowest BCUT2D eigenvalue weighted by Gasteiger charge is -2.15. The summed E-state index contributed by atoms with van der Waals surface area (Å²) >= 11 is 1.44. The van der Waals surface area contributed by atoms with E-state index in [1.54, 1.807) is 29.5 Å². The molecule has 8 heteroatoms. The summed E-state index contributed by atoms with van der Waals surface area (Å²) in [7, 11) is 3.44. The predicted molar refractivity (Wildman–Crippen MR) is 133 cm³/mol. The largest absolute Gasteiger partial charge is 0.496 e. The standard InChI is InChI=1S/C26H27FN4O2S/c1-31(26(32)23-17-34-25(28-23)21-9-5-6-10-24(21)33-2)15-7-3-4-8-20-16-22(30-29-20)18-11-13-19(27)14-12-18/h5-6,9-14,16-17H,3-4,7-8,15H2,1-2H3,(H,29,30). The number of amides is 1. The van der Waals surface area contributed by atoms with E-state index in [-0.39, 0.29) is 11.7 Å². The Morgan fingerprint density at radius 1 is 1.12 bits per heavy atom. The molecule has 2 aromatic carbocycles. The van der Waals surface area contributed by atoms with Gasteiger partial charge in [0.25, 0.3) is 5.91 Å². The van der Waals surface area contributed by atoms with Crippen molar-refractivity contribution in [1.82, 2.24) is 20.1 Å². The van der Waals surface area contributed by atoms with Crippen LogP contribution in [0.1, 0.15) is 35.4 Å². The summed E-state index contributed by atoms with van der Waals surface area (Å²) in [5.74, 6) is 0.413. The summed E-state index contributed by atoms with van der Waals surface area (Å²) in [4.78, 5) is 19.1. The number of halogens is 1. The van der Waals surface area contributed by atoms with Gasteiger partial charge in [-0.3, -0.25) is 9.89 Å². The smallest absolute Gasteiger partial charge is 0.273 e. The number of methoxy groups -OCH3 is 1. The van der Waals surface area contributed by atoms with Crippen molar-refractivity contribution >= 4 is 17.2 Å². The highest BCUT2D eigenvalue weighted by molar-refractivity contribution is 7.13. The SMILES string of the molecule is COc1ccccc1-c1nc(C(=O)N(C)CCCCCc2cc(-c3ccc(F)cc3)n[nH]2)cs1. The van der Waals surface area contributed by atoms with Crippen LogP contribution in [0.3, 0.4) is 0 Å². The Labute approximate surface area is 202 Å². The third-order valence-corrected chi connectivity index (χ3v) is 6.49. The van der Waals surface area contributed by atoms with Crippen LogP contribution in [0.15, 0.2) is 60.0 Å². The molecule has 2 heterocycles. The molecule has 0 aliphatic heterocycles. The number of carbonyl (C=O) groups is 1. The number of aromatic nitrogens is 3. The Hall–Kier alpha value is -3.52. The molecule has 0 saturated heterocycles. The second-order valence-corrected chi connectivity index (χ2v) is 8.92. The molecule has 0 spiro atoms. The van der Waals surface area contributed by atoms with Crippen LogP contribution in [0.2, 0.25) is 0 Å². The summed E-state index contributed by atoms with van der Waals surface area (Å²) < 4.78 is 18.5. The quantitative estimate of drug-likeness (QED) is 0.291. The van der Waals surface area contributed by atoms with Gasteiger partial charge in [-0.25, -0.2) is 9.37 Å². The van der Waals surface area contributed by atoms with Crippen LogP contribution in [-0.2, 0) is 6.42 Å². The molecule has 0 saturated carbocycles. The summed E-state index contributed by atoms with van der Waals surface area (Å²) in [6, 6.07) is 16.0. The first-order chi connectivity index (χ1) is 16.5. The molecule has 176 valence electrons. The number of benzene rings is 2. The zero-order valence-corrected chi connectivity index (χ0v) is 20.1. The number of H-pyrrole nitrogens is 1. The fourth-order valence-electron chi connectivity index (χ4n) is 3.71. The lowest BCUT2D eigenvalue weighted by Crippen LogP contribution is -2.28. The van der Waals surface area contributed by atoms with E-state index in [4.69, 9.17) is 4.74 Å². The van der Waals surface area contributed by atoms with Crippen LogP contribution in [0, 0.1) is 5.82 Å². The highest BCUT2D eigenvalue weighted by Crippen LogP contribution is 2.32. The minimum atomic E-state index is -0.255. The summed E-state index contributed by atoms with van der Waals surface area (Å²) in [5, 5.41) is 9.95. The first-order valence-corrected chi connectivity index (χ1v) is 12.1. The number of nitrogens with zero attached hydrogens (tertiary/aromatic N) is 3. The third kappa shape index (κ3) is 5.69. The van der Waals surface area contributed by atoms with E-state index < -0.39 is 0 Å². The molecule has 1 amide bonds. The number of aryl methyl sites for hydroxylation is 1. The van der Waals surface area contributed by atoms with E-state index in [1.165, 1.54) is 23.5 Å². The molecule has 0 bridgehead atoms. The van der Waals surface area contributed by atoms with Gasteiger partial charge in [0.1, 0.15) is 22.3 Å². The molecule has 0 aliphatic rings. The van der Waals surface area contributed by atoms with Gasteiger partial charge >= 0.3 is 0 Å². The first kappa shape index (κ1) is 23.6. The van der Waals surface area contributed by atoms with Gasteiger partial charge in [-0.05, 0) is 61.7 Å². The Balaban J connectivity index is 1.22. The van der Waals surface area contributed by atoms with Crippen molar-refractivity contribution in [3.05, 3.63) is 77.2 Å². The second kappa shape index (κ2) is 11.1. The van der Waals surface area contributed by atoms with E-state index in [0.29, 0.717) is 12.2 Å². The molecule has 0 atom stereocenters. The molecule has 1 N–H and O–H groups in total. The molecule has 0 fully saturated rings. The van der Waals surface area contributed by atoms with Crippen molar-refractivity contribution in [3.8, 4) is 27.6 Å². The predicted octanol–water partition coefficient (Wildman–Crippen LogP) is 5.83. The fraction of sp³-hybridized carbons (Fsp3) is 0.269. The van der Waals surface area contributed by atoms with Crippen LogP contribution < -0.4 is 4.74 Å². The summed E-state index contributed by atoms with van der Waals surface area (Å²) in [6.07, 6.45) is 3.76. The van der Waals surface area contributed by atoms with Gasteiger partial charge in [0.2, 0.25) is 0 Å². The highest BCUT2D eigenvalue weighted by atomic mass is 32.1. The zero-order valence-electron chi connectivity index (χ0n) is 19.3. The van der Waals surface area contributed by atoms with Crippen LogP contribution >= 0.6 is 11.3 Å². The average Bonchev–Trinajstić information content (AvgIpc) is 3.54. The number of para-hydroxylation sites is 1. The van der Waals surface area contributed by atoms with Crippen LogP contribution in [0.25, 0.3) is 21.8 Å². The van der Waals surface area contributed by atoms with Gasteiger partial charge < -0.3 is 9.64 Å². The zero-order chi connectivity index (χ0) is 23.9. The van der Waals surface area contributed by atoms with E-state index in [0.717, 1.165) is 59.0 Å². The Bertz CT molecular complexity index is 1240. The number of hydrogen-bond donors (Lipinski definition) is 1. The lowest BCUT2D eigenvalue weighted by molar-refractivity contribution is 0.0787. The topological polar surface area (TPSA) is 71.1 Å². The van der Waals surface area contributed by atoms with Crippen molar-refractivity contribution in [2.24, 2.45) is 0 Å². The molecule has 0 unspecified atom stereocenters. The number of unbranched alkanes of at least 4 members (excludes halogenated alkanes) is 2. The molecular weight excluding hydrogens is 451 g/mol. The van der Waals surface area contributed by atoms with Gasteiger partial charge in [0, 0.05) is 30.2 Å². The number of nitrogens with one attached hydrogen (secondary N) is 1. The molecule has 4 aromatic rings. The van der Waals surface area contributed by atoms with Gasteiger partial charge in [0.15, 0.2) is 0 Å². The second-order valence-electron chi connectivity index (χ2n) is 8.06. The van der Waals surface area contributed by atoms with Crippen molar-refractivity contribution in [2.75, 3.05) is 20.7 Å². The molecule has 0 radical (unpaired) electrons. The molecule has 0 aliphatic carbocycles. The number of hydrogen-bond acceptors (Lipinski definition) is 5. The van der Waals surface area contributed by atoms with Gasteiger partial charge in [0.05, 0.1) is 18.4 Å². The molecule has 4 rings (SSSR count). The van der Waals surface area contributed by atoms with Crippen LogP contribution in [0.4, 0.5) is 4.39 Å². The molecule has 2 aromatic heterocycles. The minimum Gasteiger partial charge on any atom is -0.496 e. The highest BCUT2D eigenvalue weighted by Gasteiger charge is 2.17. The average molecular weight is 479 g/mol. The number of rotatable bonds is 10. The maximum absolute atomic E-state index is 13.1. The van der Waals surface area contributed by atoms with Gasteiger partial charge in [-0.2, -0.15) is 5.10 Å². The molecule has 34 heavy (non-hydrogen) atoms. The lowest BCUT2D eigenvalue weighted by atomic mass is 10.1. The van der Waals surface area contributed by atoms with Crippen molar-refractivity contribution in [2.45, 2.75) is 25.7 Å². The number of thiazole rings is 1. The van der Waals surface area contributed by atoms with Crippen LogP contribution in [-0.4, -0.2) is 46.7 Å². The number of ether oxygens (including phenoxy) is 1. The van der Waals surface area contributed by atoms with Crippen molar-refractivity contribution in [1.29, 1.82) is 0 Å². The van der Waals surface area contributed by atoms with Gasteiger partial charge in [-0.1, -0.05) is 18.6 Å². The minimum absolute atomic E-state index is 0.0742. The number of aromatic amines is 1. The molecular formula is C26H27FN4O2S. The normalized spacial score (nSPS) is 10.9. The van der Waals surface area contributed by atoms with Gasteiger partial charge in [-0.15, -0.1) is 11.3 Å². The van der Waals surface area contributed by atoms with E-state index in [9.17, 15) is 9.18 Å². The summed E-state index contributed by atoms with van der Waals surface area (Å²) in [5.41, 5.74) is 4.10. The van der Waals surface area contributed by atoms with E-state index in [1.807, 2.05) is 37.4 Å². The van der Waals surface area contributed by atoms with E-state index >= 15 is 0 Å². The first-order valence-electron chi connectivity index (χ1n) is 11.2. The fourth-order valence-corrected chi connectivity index (χ4v) is 4.54. The van der Waals surface area contributed by atoms with Crippen molar-refractivity contribution < 1.29 is 13.9 Å².